The van der Waals surface area contributed by atoms with Gasteiger partial charge in [-0.05, 0) is 11.6 Å². The molecule has 0 aliphatic heterocycles. The van der Waals surface area contributed by atoms with Gasteiger partial charge in [-0.2, -0.15) is 5.26 Å². The number of hydrogen-bond acceptors (Lipinski definition) is 1. The molecule has 13 heavy (non-hydrogen) atoms. The summed E-state index contributed by atoms with van der Waals surface area (Å²) in [6.45, 7) is 5.68. The van der Waals surface area contributed by atoms with E-state index in [-0.39, 0.29) is 5.92 Å². The third kappa shape index (κ3) is 1.91. The molecule has 66 valence electrons. The lowest BCUT2D eigenvalue weighted by Crippen LogP contribution is -1.93. The van der Waals surface area contributed by atoms with Crippen molar-refractivity contribution in [3.8, 4) is 6.07 Å². The van der Waals surface area contributed by atoms with Crippen LogP contribution in [-0.4, -0.2) is 0 Å². The van der Waals surface area contributed by atoms with Crippen LogP contribution in [0.15, 0.2) is 30.9 Å². The van der Waals surface area contributed by atoms with E-state index in [9.17, 15) is 0 Å². The number of rotatable bonds is 2. The predicted octanol–water partition coefficient (Wildman–Crippen LogP) is 3.50. The molecule has 0 fully saturated rings. The average Bonchev–Trinajstić information content (AvgIpc) is 2.16. The lowest BCUT2D eigenvalue weighted by atomic mass is 9.96. The molecule has 0 heterocycles. The molecule has 1 rings (SSSR count). The Morgan fingerprint density at radius 1 is 1.62 bits per heavy atom. The summed E-state index contributed by atoms with van der Waals surface area (Å²) in [5, 5.41) is 9.38. The lowest BCUT2D eigenvalue weighted by Gasteiger charge is -2.08. The predicted molar refractivity (Wildman–Crippen MR) is 54.8 cm³/mol. The van der Waals surface area contributed by atoms with Crippen LogP contribution < -0.4 is 0 Å². The van der Waals surface area contributed by atoms with Crippen LogP contribution in [-0.2, 0) is 0 Å². The fourth-order valence-corrected chi connectivity index (χ4v) is 1.39. The highest BCUT2D eigenvalue weighted by molar-refractivity contribution is 6.31. The highest BCUT2D eigenvalue weighted by atomic mass is 35.5. The molecule has 0 N–H and O–H groups in total. The Bertz CT molecular complexity index is 363. The first-order valence-corrected chi connectivity index (χ1v) is 4.39. The molecule has 0 radical (unpaired) electrons. The van der Waals surface area contributed by atoms with Crippen molar-refractivity contribution in [2.24, 2.45) is 0 Å². The summed E-state index contributed by atoms with van der Waals surface area (Å²) in [4.78, 5) is 0. The fourth-order valence-electron chi connectivity index (χ4n) is 1.17. The first kappa shape index (κ1) is 9.83. The second kappa shape index (κ2) is 4.11. The van der Waals surface area contributed by atoms with Gasteiger partial charge in [-0.3, -0.25) is 0 Å². The van der Waals surface area contributed by atoms with Crippen LogP contribution in [0.25, 0.3) is 0 Å². The van der Waals surface area contributed by atoms with Gasteiger partial charge in [-0.15, -0.1) is 6.58 Å². The smallest absolute Gasteiger partial charge is 0.101 e. The van der Waals surface area contributed by atoms with Crippen LogP contribution >= 0.6 is 11.6 Å². The monoisotopic (exact) mass is 191 g/mol. The van der Waals surface area contributed by atoms with Crippen LogP contribution in [0.5, 0.6) is 0 Å². The highest BCUT2D eigenvalue weighted by Gasteiger charge is 2.09. The second-order valence-electron chi connectivity index (χ2n) is 2.84. The summed E-state index contributed by atoms with van der Waals surface area (Å²) in [7, 11) is 0. The zero-order chi connectivity index (χ0) is 9.84. The third-order valence-corrected chi connectivity index (χ3v) is 2.32. The van der Waals surface area contributed by atoms with Crippen LogP contribution in [0.4, 0.5) is 0 Å². The molecule has 1 aromatic rings. The molecular weight excluding hydrogens is 182 g/mol. The minimum Gasteiger partial charge on any atom is -0.192 e. The van der Waals surface area contributed by atoms with Crippen LogP contribution in [0.1, 0.15) is 24.0 Å². The molecule has 0 saturated carbocycles. The SMILES string of the molecule is C=CC(C)c1cccc(Cl)c1C#N. The van der Waals surface area contributed by atoms with E-state index in [1.54, 1.807) is 12.1 Å². The summed E-state index contributed by atoms with van der Waals surface area (Å²) in [6, 6.07) is 7.57. The number of nitrogens with zero attached hydrogens (tertiary/aromatic N) is 1. The molecule has 2 heteroatoms. The Labute approximate surface area is 83.3 Å². The zero-order valence-electron chi connectivity index (χ0n) is 7.42. The van der Waals surface area contributed by atoms with E-state index in [0.717, 1.165) is 5.56 Å². The molecular formula is C11H10ClN. The summed E-state index contributed by atoms with van der Waals surface area (Å²) >= 11 is 5.87. The first-order chi connectivity index (χ1) is 6.20. The molecule has 0 spiro atoms. The van der Waals surface area contributed by atoms with Gasteiger partial charge in [-0.1, -0.05) is 36.7 Å². The van der Waals surface area contributed by atoms with Gasteiger partial charge in [-0.25, -0.2) is 0 Å². The van der Waals surface area contributed by atoms with Crippen molar-refractivity contribution < 1.29 is 0 Å². The number of hydrogen-bond donors (Lipinski definition) is 0. The number of halogens is 1. The second-order valence-corrected chi connectivity index (χ2v) is 3.25. The van der Waals surface area contributed by atoms with Gasteiger partial charge in [0.15, 0.2) is 0 Å². The van der Waals surface area contributed by atoms with Crippen LogP contribution in [0.2, 0.25) is 5.02 Å². The topological polar surface area (TPSA) is 23.8 Å². The molecule has 1 aromatic carbocycles. The van der Waals surface area contributed by atoms with E-state index in [2.05, 4.69) is 12.6 Å². The Morgan fingerprint density at radius 3 is 2.85 bits per heavy atom. The Balaban J connectivity index is 3.29. The van der Waals surface area contributed by atoms with Gasteiger partial charge in [0.2, 0.25) is 0 Å². The molecule has 0 aliphatic rings. The lowest BCUT2D eigenvalue weighted by molar-refractivity contribution is 0.965. The van der Waals surface area contributed by atoms with Gasteiger partial charge in [0.25, 0.3) is 0 Å². The van der Waals surface area contributed by atoms with Gasteiger partial charge in [0.1, 0.15) is 6.07 Å². The van der Waals surface area contributed by atoms with E-state index in [1.165, 1.54) is 0 Å². The Kier molecular flexibility index (Phi) is 3.11. The molecule has 0 aromatic heterocycles. The van der Waals surface area contributed by atoms with Crippen molar-refractivity contribution in [3.63, 3.8) is 0 Å². The molecule has 0 saturated heterocycles. The van der Waals surface area contributed by atoms with Crippen LogP contribution in [0, 0.1) is 11.3 Å². The Morgan fingerprint density at radius 2 is 2.31 bits per heavy atom. The maximum absolute atomic E-state index is 8.87. The first-order valence-electron chi connectivity index (χ1n) is 4.01. The maximum atomic E-state index is 8.87. The largest absolute Gasteiger partial charge is 0.192 e. The van der Waals surface area contributed by atoms with Gasteiger partial charge in [0, 0.05) is 5.92 Å². The molecule has 1 nitrogen and oxygen atoms in total. The minimum absolute atomic E-state index is 0.161. The summed E-state index contributed by atoms with van der Waals surface area (Å²) < 4.78 is 0. The standard InChI is InChI=1S/C11H10ClN/c1-3-8(2)9-5-4-6-11(12)10(9)7-13/h3-6,8H,1H2,2H3. The van der Waals surface area contributed by atoms with Crippen molar-refractivity contribution >= 4 is 11.6 Å². The number of allylic oxidation sites excluding steroid dienone is 1. The summed E-state index contributed by atoms with van der Waals surface area (Å²) in [6.07, 6.45) is 1.80. The van der Waals surface area contributed by atoms with Gasteiger partial charge < -0.3 is 0 Å². The van der Waals surface area contributed by atoms with E-state index < -0.39 is 0 Å². The maximum Gasteiger partial charge on any atom is 0.101 e. The molecule has 1 unspecified atom stereocenters. The van der Waals surface area contributed by atoms with Crippen molar-refractivity contribution in [2.45, 2.75) is 12.8 Å². The normalized spacial score (nSPS) is 11.8. The van der Waals surface area contributed by atoms with E-state index in [0.29, 0.717) is 10.6 Å². The Hall–Kier alpha value is -1.26. The van der Waals surface area contributed by atoms with E-state index in [1.807, 2.05) is 19.1 Å². The van der Waals surface area contributed by atoms with Crippen LogP contribution in [0.3, 0.4) is 0 Å². The van der Waals surface area contributed by atoms with E-state index in [4.69, 9.17) is 16.9 Å². The molecule has 0 aliphatic carbocycles. The average molecular weight is 192 g/mol. The number of benzene rings is 1. The van der Waals surface area contributed by atoms with Crippen molar-refractivity contribution in [1.82, 2.24) is 0 Å². The quantitative estimate of drug-likeness (QED) is 0.657. The number of nitriles is 1. The molecule has 0 amide bonds. The molecule has 0 bridgehead atoms. The highest BCUT2D eigenvalue weighted by Crippen LogP contribution is 2.25. The third-order valence-electron chi connectivity index (χ3n) is 2.00. The van der Waals surface area contributed by atoms with E-state index >= 15 is 0 Å². The summed E-state index contributed by atoms with van der Waals surface area (Å²) in [5.41, 5.74) is 1.49. The van der Waals surface area contributed by atoms with Gasteiger partial charge >= 0.3 is 0 Å². The fraction of sp³-hybridized carbons (Fsp3) is 0.182. The zero-order valence-corrected chi connectivity index (χ0v) is 8.17. The summed E-state index contributed by atoms with van der Waals surface area (Å²) in [5.74, 6) is 0.161. The van der Waals surface area contributed by atoms with Gasteiger partial charge in [0.05, 0.1) is 10.6 Å². The molecule has 1 atom stereocenters. The van der Waals surface area contributed by atoms with Crippen molar-refractivity contribution in [2.75, 3.05) is 0 Å². The van der Waals surface area contributed by atoms with Crippen molar-refractivity contribution in [3.05, 3.63) is 47.0 Å². The minimum atomic E-state index is 0.161. The van der Waals surface area contributed by atoms with Crippen molar-refractivity contribution in [1.29, 1.82) is 5.26 Å².